The molecule has 0 fully saturated rings. The second-order valence-corrected chi connectivity index (χ2v) is 9.05. The van der Waals surface area contributed by atoms with Crippen LogP contribution >= 0.6 is 11.6 Å². The Bertz CT molecular complexity index is 1290. The zero-order chi connectivity index (χ0) is 20.6. The fourth-order valence-electron chi connectivity index (χ4n) is 2.64. The molecule has 1 aromatic carbocycles. The van der Waals surface area contributed by atoms with Crippen molar-refractivity contribution in [3.8, 4) is 11.4 Å². The number of hydrogen-bond acceptors (Lipinski definition) is 6. The van der Waals surface area contributed by atoms with Crippen molar-refractivity contribution in [3.63, 3.8) is 0 Å². The standard InChI is InChI=1S/C18H14ClF2N5O2S/c1-29(27,14-5-3-2-4-6-14)22-10-13-11-26-8-7-12(9-15(26)23-13)16-24-17(28-25-16)18(19,20)21/h2-9,11H,10H2,1H3. The third kappa shape index (κ3) is 4.13. The van der Waals surface area contributed by atoms with Crippen molar-refractivity contribution in [1.82, 2.24) is 19.5 Å². The Hall–Kier alpha value is -2.85. The second-order valence-electron chi connectivity index (χ2n) is 6.24. The van der Waals surface area contributed by atoms with Gasteiger partial charge in [-0.15, -0.1) is 0 Å². The van der Waals surface area contributed by atoms with Crippen molar-refractivity contribution < 1.29 is 17.5 Å². The zero-order valence-corrected chi connectivity index (χ0v) is 16.6. The van der Waals surface area contributed by atoms with Gasteiger partial charge in [0.25, 0.3) is 0 Å². The lowest BCUT2D eigenvalue weighted by molar-refractivity contribution is 0.0551. The van der Waals surface area contributed by atoms with Gasteiger partial charge >= 0.3 is 11.3 Å². The molecule has 4 aromatic rings. The Morgan fingerprint density at radius 2 is 2.00 bits per heavy atom. The highest BCUT2D eigenvalue weighted by Crippen LogP contribution is 2.32. The average Bonchev–Trinajstić information content (AvgIpc) is 3.33. The first-order chi connectivity index (χ1) is 13.7. The summed E-state index contributed by atoms with van der Waals surface area (Å²) >= 11 is 4.89. The molecule has 11 heteroatoms. The lowest BCUT2D eigenvalue weighted by Gasteiger charge is -2.03. The molecule has 7 nitrogen and oxygen atoms in total. The first kappa shape index (κ1) is 19.5. The van der Waals surface area contributed by atoms with E-state index in [2.05, 4.69) is 24.0 Å². The molecule has 3 aromatic heterocycles. The summed E-state index contributed by atoms with van der Waals surface area (Å²) in [5.74, 6) is -1.01. The molecular weight excluding hydrogens is 424 g/mol. The first-order valence-electron chi connectivity index (χ1n) is 8.34. The maximum absolute atomic E-state index is 13.1. The van der Waals surface area contributed by atoms with Gasteiger partial charge in [0.15, 0.2) is 0 Å². The molecule has 0 aliphatic rings. The molecule has 0 amide bonds. The molecule has 4 rings (SSSR count). The maximum Gasteiger partial charge on any atom is 0.400 e. The molecule has 1 unspecified atom stereocenters. The van der Waals surface area contributed by atoms with Gasteiger partial charge in [-0.2, -0.15) is 13.8 Å². The highest BCUT2D eigenvalue weighted by molar-refractivity contribution is 7.93. The van der Waals surface area contributed by atoms with Gasteiger partial charge in [-0.3, -0.25) is 0 Å². The number of rotatable bonds is 5. The topological polar surface area (TPSA) is 85.7 Å². The number of alkyl halides is 3. The Morgan fingerprint density at radius 1 is 1.24 bits per heavy atom. The fraction of sp³-hybridized carbons (Fsp3) is 0.167. The molecule has 29 heavy (non-hydrogen) atoms. The minimum Gasteiger partial charge on any atom is -0.331 e. The van der Waals surface area contributed by atoms with Gasteiger partial charge < -0.3 is 8.92 Å². The minimum absolute atomic E-state index is 0.0299. The van der Waals surface area contributed by atoms with Crippen LogP contribution in [0.25, 0.3) is 17.0 Å². The van der Waals surface area contributed by atoms with Crippen LogP contribution in [0.1, 0.15) is 11.6 Å². The molecule has 3 heterocycles. The predicted molar refractivity (Wildman–Crippen MR) is 103 cm³/mol. The van der Waals surface area contributed by atoms with Gasteiger partial charge in [-0.25, -0.2) is 13.6 Å². The molecule has 0 bridgehead atoms. The van der Waals surface area contributed by atoms with E-state index in [-0.39, 0.29) is 12.4 Å². The summed E-state index contributed by atoms with van der Waals surface area (Å²) in [6.45, 7) is 0.159. The van der Waals surface area contributed by atoms with Crippen LogP contribution in [0.4, 0.5) is 8.78 Å². The Kier molecular flexibility index (Phi) is 4.83. The number of fused-ring (bicyclic) bond motifs is 1. The summed E-state index contributed by atoms with van der Waals surface area (Å²) in [6.07, 6.45) is 5.00. The lowest BCUT2D eigenvalue weighted by atomic mass is 10.2. The first-order valence-corrected chi connectivity index (χ1v) is 10.6. The van der Waals surface area contributed by atoms with Gasteiger partial charge in [0.2, 0.25) is 5.82 Å². The molecule has 0 saturated carbocycles. The highest BCUT2D eigenvalue weighted by atomic mass is 35.5. The number of benzene rings is 1. The fourth-order valence-corrected chi connectivity index (χ4v) is 3.91. The predicted octanol–water partition coefficient (Wildman–Crippen LogP) is 4.33. The second kappa shape index (κ2) is 7.20. The molecule has 150 valence electrons. The van der Waals surface area contributed by atoms with Gasteiger partial charge in [0.1, 0.15) is 5.65 Å². The van der Waals surface area contributed by atoms with Gasteiger partial charge in [0.05, 0.1) is 22.0 Å². The van der Waals surface area contributed by atoms with E-state index in [0.717, 1.165) is 0 Å². The third-order valence-corrected chi connectivity index (χ3v) is 6.02. The molecule has 1 atom stereocenters. The normalized spacial score (nSPS) is 14.1. The van der Waals surface area contributed by atoms with E-state index in [1.165, 1.54) is 0 Å². The molecule has 0 aliphatic heterocycles. The van der Waals surface area contributed by atoms with E-state index >= 15 is 0 Å². The number of aromatic nitrogens is 4. The number of hydrogen-bond donors (Lipinski definition) is 0. The van der Waals surface area contributed by atoms with Crippen molar-refractivity contribution in [2.24, 2.45) is 4.36 Å². The van der Waals surface area contributed by atoms with Crippen LogP contribution in [0.2, 0.25) is 0 Å². The smallest absolute Gasteiger partial charge is 0.331 e. The van der Waals surface area contributed by atoms with Crippen molar-refractivity contribution >= 4 is 27.0 Å². The lowest BCUT2D eigenvalue weighted by Crippen LogP contribution is -2.03. The van der Waals surface area contributed by atoms with E-state index in [1.807, 2.05) is 18.2 Å². The summed E-state index contributed by atoms with van der Waals surface area (Å²) in [4.78, 5) is 8.70. The van der Waals surface area contributed by atoms with Gasteiger partial charge in [-0.1, -0.05) is 23.4 Å². The van der Waals surface area contributed by atoms with Gasteiger partial charge in [0, 0.05) is 29.1 Å². The van der Waals surface area contributed by atoms with Crippen LogP contribution in [0, 0.1) is 0 Å². The Labute approximate surface area is 169 Å². The molecular formula is C18H14ClF2N5O2S. The Balaban J connectivity index is 1.61. The zero-order valence-electron chi connectivity index (χ0n) is 15.0. The highest BCUT2D eigenvalue weighted by Gasteiger charge is 2.35. The van der Waals surface area contributed by atoms with Gasteiger partial charge in [-0.05, 0) is 35.9 Å². The number of halogens is 3. The summed E-state index contributed by atoms with van der Waals surface area (Å²) in [5, 5.41) is -0.208. The largest absolute Gasteiger partial charge is 0.400 e. The van der Waals surface area contributed by atoms with Crippen molar-refractivity contribution in [2.75, 3.05) is 6.26 Å². The third-order valence-electron chi connectivity index (χ3n) is 4.09. The minimum atomic E-state index is -3.73. The number of pyridine rings is 1. The van der Waals surface area contributed by atoms with Crippen LogP contribution in [0.15, 0.2) is 68.6 Å². The summed E-state index contributed by atoms with van der Waals surface area (Å²) in [6, 6.07) is 12.2. The van der Waals surface area contributed by atoms with Crippen molar-refractivity contribution in [2.45, 2.75) is 16.8 Å². The van der Waals surface area contributed by atoms with E-state index < -0.39 is 21.0 Å². The van der Waals surface area contributed by atoms with Crippen LogP contribution < -0.4 is 0 Å². The van der Waals surface area contributed by atoms with E-state index in [0.29, 0.717) is 21.8 Å². The molecule has 0 saturated heterocycles. The summed E-state index contributed by atoms with van der Waals surface area (Å²) in [7, 11) is -2.55. The van der Waals surface area contributed by atoms with Crippen LogP contribution in [-0.4, -0.2) is 30.0 Å². The Morgan fingerprint density at radius 3 is 2.69 bits per heavy atom. The van der Waals surface area contributed by atoms with Crippen molar-refractivity contribution in [3.05, 3.63) is 66.4 Å². The van der Waals surface area contributed by atoms with Crippen molar-refractivity contribution in [1.29, 1.82) is 0 Å². The van der Waals surface area contributed by atoms with E-state index in [1.54, 1.807) is 47.3 Å². The van der Waals surface area contributed by atoms with Crippen LogP contribution in [0.5, 0.6) is 0 Å². The quantitative estimate of drug-likeness (QED) is 0.434. The van der Waals surface area contributed by atoms with Crippen LogP contribution in [0.3, 0.4) is 0 Å². The molecule has 0 N–H and O–H groups in total. The number of nitrogens with zero attached hydrogens (tertiary/aromatic N) is 5. The molecule has 0 radical (unpaired) electrons. The SMILES string of the molecule is CS(=O)(=NCc1cn2ccc(-c3noc(C(F)(F)Cl)n3)cc2n1)c1ccccc1. The number of imidazole rings is 1. The maximum atomic E-state index is 13.1. The van der Waals surface area contributed by atoms with E-state index in [9.17, 15) is 13.0 Å². The molecule has 0 spiro atoms. The van der Waals surface area contributed by atoms with Crippen LogP contribution in [-0.2, 0) is 21.7 Å². The monoisotopic (exact) mass is 437 g/mol. The summed E-state index contributed by atoms with van der Waals surface area (Å²) in [5.41, 5.74) is 1.57. The molecule has 0 aliphatic carbocycles. The summed E-state index contributed by atoms with van der Waals surface area (Å²) < 4.78 is 49.5. The van der Waals surface area contributed by atoms with E-state index in [4.69, 9.17) is 11.6 Å². The average molecular weight is 438 g/mol.